The average Bonchev–Trinajstić information content (AvgIpc) is 3.16. The van der Waals surface area contributed by atoms with Crippen LogP contribution in [0.2, 0.25) is 0 Å². The maximum atomic E-state index is 12.3. The highest BCUT2D eigenvalue weighted by Gasteiger charge is 2.17. The van der Waals surface area contributed by atoms with Crippen molar-refractivity contribution in [3.8, 4) is 0 Å². The molecule has 6 nitrogen and oxygen atoms in total. The number of rotatable bonds is 12. The third-order valence-corrected chi connectivity index (χ3v) is 4.97. The number of aromatic amines is 1. The molecule has 1 amide bonds. The minimum atomic E-state index is -0.369. The third-order valence-electron chi connectivity index (χ3n) is 4.76. The van der Waals surface area contributed by atoms with Crippen molar-refractivity contribution in [2.75, 3.05) is 19.5 Å². The van der Waals surface area contributed by atoms with Gasteiger partial charge in [0, 0.05) is 23.7 Å². The summed E-state index contributed by atoms with van der Waals surface area (Å²) in [6, 6.07) is 6.97. The topological polar surface area (TPSA) is 86.9 Å². The van der Waals surface area contributed by atoms with Crippen molar-refractivity contribution in [1.82, 2.24) is 20.8 Å². The molecule has 7 heteroatoms. The number of ketones is 1. The molecule has 45 heavy (non-hydrogen) atoms. The molecule has 0 unspecified atom stereocenters. The zero-order valence-corrected chi connectivity index (χ0v) is 30.0. The molecule has 0 saturated carbocycles. The number of carbonyl (C=O) groups excluding carboxylic acids is 2. The predicted octanol–water partition coefficient (Wildman–Crippen LogP) is 9.69. The maximum Gasteiger partial charge on any atom is 0.244 e. The molecule has 0 aliphatic heterocycles. The van der Waals surface area contributed by atoms with E-state index < -0.39 is 0 Å². The quantitative estimate of drug-likeness (QED) is 0.0699. The Labute approximate surface area is 279 Å². The number of hydrogen-bond donors (Lipinski definition) is 3. The number of H-pyrrole nitrogens is 1. The Kier molecular flexibility index (Phi) is 36.7. The van der Waals surface area contributed by atoms with Crippen LogP contribution in [0.5, 0.6) is 0 Å². The molecule has 3 N–H and O–H groups in total. The molecule has 0 aliphatic rings. The molecular formula is C38H59ClN4O2. The van der Waals surface area contributed by atoms with Gasteiger partial charge in [-0.3, -0.25) is 14.7 Å². The summed E-state index contributed by atoms with van der Waals surface area (Å²) in [4.78, 5) is 24.4. The predicted molar refractivity (Wildman–Crippen MR) is 201 cm³/mol. The Morgan fingerprint density at radius 2 is 1.62 bits per heavy atom. The van der Waals surface area contributed by atoms with Crippen molar-refractivity contribution in [2.45, 2.75) is 67.3 Å². The van der Waals surface area contributed by atoms with Crippen LogP contribution in [0.4, 0.5) is 0 Å². The molecule has 0 saturated heterocycles. The lowest BCUT2D eigenvalue weighted by atomic mass is 10.00. The number of aromatic nitrogens is 2. The Balaban J connectivity index is -0.000000467. The largest absolute Gasteiger partial charge is 0.347 e. The highest BCUT2D eigenvalue weighted by molar-refractivity contribution is 6.18. The molecule has 0 atom stereocenters. The Bertz CT molecular complexity index is 1150. The van der Waals surface area contributed by atoms with E-state index in [1.54, 1.807) is 43.6 Å². The zero-order valence-electron chi connectivity index (χ0n) is 29.3. The summed E-state index contributed by atoms with van der Waals surface area (Å²) in [5, 5.41) is 12.5. The Morgan fingerprint density at radius 3 is 2.11 bits per heavy atom. The normalized spacial score (nSPS) is 10.1. The van der Waals surface area contributed by atoms with E-state index in [1.807, 2.05) is 84.1 Å². The second kappa shape index (κ2) is 34.5. The average molecular weight is 639 g/mol. The Hall–Kier alpha value is -4.00. The molecule has 0 radical (unpaired) electrons. The van der Waals surface area contributed by atoms with Gasteiger partial charge in [-0.05, 0) is 84.4 Å². The van der Waals surface area contributed by atoms with Crippen LogP contribution in [-0.2, 0) is 4.79 Å². The summed E-state index contributed by atoms with van der Waals surface area (Å²) in [5.41, 5.74) is 2.74. The van der Waals surface area contributed by atoms with E-state index in [9.17, 15) is 9.59 Å². The van der Waals surface area contributed by atoms with Crippen LogP contribution in [0.3, 0.4) is 0 Å². The van der Waals surface area contributed by atoms with Gasteiger partial charge in [-0.1, -0.05) is 86.7 Å². The number of halogens is 1. The number of hydrogen-bond acceptors (Lipinski definition) is 4. The van der Waals surface area contributed by atoms with Crippen LogP contribution < -0.4 is 10.6 Å². The first-order valence-electron chi connectivity index (χ1n) is 14.9. The van der Waals surface area contributed by atoms with Crippen LogP contribution in [0.1, 0.15) is 77.9 Å². The number of allylic oxidation sites excluding steroid dienone is 10. The van der Waals surface area contributed by atoms with Gasteiger partial charge in [-0.15, -0.1) is 31.3 Å². The standard InChI is InChI=1S/C24H32N4O2.C7H12.C3H5Cl.C2H6.C2H4/c1-6-7-8-9-16-24(3,4)27-23(30)15-12-19(2)20-11-10-17-26-28-21(14-13-20)22(29)18-25-5;1-4-5-6-7(2)3;1-2-3-4;2*1-2/h6-15,17,25,28H,2,16,18H2,1,3-5H3,(H,27,30);4-6H,1-3H3;2H,1,3H2;1-2H3;1-2H2/b7-6-,9-8-,11-10?,15-12+,20-13?,21-14?,26-17?;5-4-;;;. The summed E-state index contributed by atoms with van der Waals surface area (Å²) in [6.07, 6.45) is 21.0. The fourth-order valence-corrected chi connectivity index (χ4v) is 2.73. The lowest BCUT2D eigenvalue weighted by Crippen LogP contribution is -2.42. The smallest absolute Gasteiger partial charge is 0.244 e. The molecule has 0 aromatic carbocycles. The van der Waals surface area contributed by atoms with Crippen LogP contribution >= 0.6 is 11.6 Å². The molecule has 0 aliphatic carbocycles. The lowest BCUT2D eigenvalue weighted by Gasteiger charge is -2.24. The van der Waals surface area contributed by atoms with Crippen molar-refractivity contribution in [3.05, 3.63) is 134 Å². The number of likely N-dealkylation sites (N-methyl/N-ethyl adjacent to an activating group) is 1. The van der Waals surface area contributed by atoms with E-state index in [0.717, 1.165) is 5.56 Å². The number of carbonyl (C=O) groups is 2. The molecular weight excluding hydrogens is 580 g/mol. The van der Waals surface area contributed by atoms with E-state index in [0.29, 0.717) is 23.6 Å². The number of nitrogens with one attached hydrogen (secondary N) is 3. The fraction of sp³-hybridized carbons (Fsp3) is 0.342. The van der Waals surface area contributed by atoms with Crippen LogP contribution in [0, 0.1) is 0 Å². The molecule has 1 aromatic rings. The maximum absolute atomic E-state index is 12.3. The Morgan fingerprint density at radius 1 is 1.02 bits per heavy atom. The number of Topliss-reactive ketones (excluding diaryl/α,β-unsaturated/α-hetero) is 1. The molecule has 1 aromatic heterocycles. The summed E-state index contributed by atoms with van der Waals surface area (Å²) in [7, 11) is 1.71. The minimum Gasteiger partial charge on any atom is -0.347 e. The van der Waals surface area contributed by atoms with Gasteiger partial charge in [0.2, 0.25) is 5.91 Å². The van der Waals surface area contributed by atoms with E-state index in [4.69, 9.17) is 11.6 Å². The molecule has 1 rings (SSSR count). The first-order valence-corrected chi connectivity index (χ1v) is 15.5. The van der Waals surface area contributed by atoms with Crippen LogP contribution in [-0.4, -0.2) is 46.9 Å². The summed E-state index contributed by atoms with van der Waals surface area (Å²) in [6.45, 7) is 29.7. The van der Waals surface area contributed by atoms with Gasteiger partial charge in [0.05, 0.1) is 6.54 Å². The van der Waals surface area contributed by atoms with Gasteiger partial charge < -0.3 is 10.6 Å². The minimum absolute atomic E-state index is 0.113. The van der Waals surface area contributed by atoms with E-state index in [-0.39, 0.29) is 23.8 Å². The first-order chi connectivity index (χ1) is 21.5. The summed E-state index contributed by atoms with van der Waals surface area (Å²) < 4.78 is 0. The van der Waals surface area contributed by atoms with Gasteiger partial charge in [0.1, 0.15) is 5.69 Å². The lowest BCUT2D eigenvalue weighted by molar-refractivity contribution is -0.117. The number of alkyl halides is 1. The zero-order chi connectivity index (χ0) is 35.5. The van der Waals surface area contributed by atoms with Gasteiger partial charge in [-0.2, -0.15) is 5.10 Å². The second-order valence-electron chi connectivity index (χ2n) is 9.51. The van der Waals surface area contributed by atoms with Crippen molar-refractivity contribution in [1.29, 1.82) is 0 Å². The van der Waals surface area contributed by atoms with Gasteiger partial charge >= 0.3 is 0 Å². The molecule has 1 heterocycles. The van der Waals surface area contributed by atoms with Gasteiger partial charge in [0.15, 0.2) is 5.78 Å². The molecule has 250 valence electrons. The summed E-state index contributed by atoms with van der Waals surface area (Å²) >= 11 is 5.07. The highest BCUT2D eigenvalue weighted by atomic mass is 35.5. The van der Waals surface area contributed by atoms with Gasteiger partial charge in [0.25, 0.3) is 0 Å². The van der Waals surface area contributed by atoms with E-state index in [2.05, 4.69) is 67.1 Å². The molecule has 0 bridgehead atoms. The van der Waals surface area contributed by atoms with E-state index in [1.165, 1.54) is 11.6 Å². The van der Waals surface area contributed by atoms with Crippen LogP contribution in [0.25, 0.3) is 5.57 Å². The highest BCUT2D eigenvalue weighted by Crippen LogP contribution is 2.13. The van der Waals surface area contributed by atoms with Crippen LogP contribution in [0.15, 0.2) is 123 Å². The fourth-order valence-electron chi connectivity index (χ4n) is 2.73. The van der Waals surface area contributed by atoms with Gasteiger partial charge in [-0.25, -0.2) is 0 Å². The number of amides is 1. The third kappa shape index (κ3) is 32.7. The van der Waals surface area contributed by atoms with Crippen molar-refractivity contribution in [2.24, 2.45) is 0 Å². The monoisotopic (exact) mass is 638 g/mol. The van der Waals surface area contributed by atoms with Crippen molar-refractivity contribution < 1.29 is 9.59 Å². The van der Waals surface area contributed by atoms with Crippen molar-refractivity contribution >= 4 is 28.9 Å². The number of nitrogens with zero attached hydrogens (tertiary/aromatic N) is 1. The molecule has 0 fully saturated rings. The second-order valence-corrected chi connectivity index (χ2v) is 9.82. The van der Waals surface area contributed by atoms with Crippen molar-refractivity contribution in [3.63, 3.8) is 0 Å². The summed E-state index contributed by atoms with van der Waals surface area (Å²) in [5.74, 6) is 0.246. The van der Waals surface area contributed by atoms with E-state index >= 15 is 0 Å². The SMILES string of the molecule is C/C=C\C=C(C)C.C=C.C=C(/C=C/C(=O)NC(C)(C)C/C=C\C=C/C)c1cccn[nH]c(C(=O)CNC)cc1.C=CCCl.CC. The first kappa shape index (κ1) is 47.9. The molecule has 0 spiro atoms.